The third kappa shape index (κ3) is 2.04. The summed E-state index contributed by atoms with van der Waals surface area (Å²) in [6.45, 7) is 4.19. The van der Waals surface area contributed by atoms with Crippen LogP contribution in [0.3, 0.4) is 0 Å². The first-order chi connectivity index (χ1) is 8.78. The predicted octanol–water partition coefficient (Wildman–Crippen LogP) is 3.11. The average Bonchev–Trinajstić information content (AvgIpc) is 2.85. The number of thiophene rings is 1. The van der Waals surface area contributed by atoms with Crippen LogP contribution in [0, 0.1) is 6.92 Å². The molecule has 1 aliphatic heterocycles. The average molecular weight is 259 g/mol. The molecule has 3 heteroatoms. The second kappa shape index (κ2) is 4.75. The van der Waals surface area contributed by atoms with Crippen LogP contribution in [-0.2, 0) is 19.6 Å². The van der Waals surface area contributed by atoms with E-state index in [0.717, 1.165) is 25.1 Å². The number of anilines is 1. The molecule has 0 aliphatic carbocycles. The molecule has 2 nitrogen and oxygen atoms in total. The zero-order chi connectivity index (χ0) is 12.5. The van der Waals surface area contributed by atoms with Gasteiger partial charge in [-0.3, -0.25) is 0 Å². The lowest BCUT2D eigenvalue weighted by Gasteiger charge is -2.30. The molecule has 0 saturated heterocycles. The van der Waals surface area contributed by atoms with Crippen molar-refractivity contribution in [1.82, 2.24) is 0 Å². The van der Waals surface area contributed by atoms with Crippen molar-refractivity contribution in [2.45, 2.75) is 26.5 Å². The first kappa shape index (κ1) is 11.8. The van der Waals surface area contributed by atoms with E-state index in [4.69, 9.17) is 0 Å². The van der Waals surface area contributed by atoms with Crippen molar-refractivity contribution < 1.29 is 5.11 Å². The van der Waals surface area contributed by atoms with Gasteiger partial charge in [0.2, 0.25) is 0 Å². The summed E-state index contributed by atoms with van der Waals surface area (Å²) in [5, 5.41) is 11.7. The first-order valence-corrected chi connectivity index (χ1v) is 7.16. The molecule has 1 aromatic carbocycles. The third-order valence-corrected chi connectivity index (χ3v) is 4.58. The standard InChI is InChI=1S/C15H17NOS/c1-11-2-3-14(13(8-11)10-17)16-6-4-15-12(9-16)5-7-18-15/h2-3,5,7-8,17H,4,6,9-10H2,1H3. The molecular weight excluding hydrogens is 242 g/mol. The number of aliphatic hydroxyl groups excluding tert-OH is 1. The zero-order valence-electron chi connectivity index (χ0n) is 10.5. The first-order valence-electron chi connectivity index (χ1n) is 6.28. The Morgan fingerprint density at radius 3 is 3.06 bits per heavy atom. The maximum Gasteiger partial charge on any atom is 0.0702 e. The minimum Gasteiger partial charge on any atom is -0.392 e. The van der Waals surface area contributed by atoms with Crippen LogP contribution in [-0.4, -0.2) is 11.7 Å². The van der Waals surface area contributed by atoms with Gasteiger partial charge in [-0.2, -0.15) is 0 Å². The summed E-state index contributed by atoms with van der Waals surface area (Å²) in [6, 6.07) is 8.56. The number of rotatable bonds is 2. The Hall–Kier alpha value is -1.32. The highest BCUT2D eigenvalue weighted by Crippen LogP contribution is 2.30. The summed E-state index contributed by atoms with van der Waals surface area (Å²) in [6.07, 6.45) is 1.12. The smallest absolute Gasteiger partial charge is 0.0702 e. The predicted molar refractivity (Wildman–Crippen MR) is 76.2 cm³/mol. The van der Waals surface area contributed by atoms with Gasteiger partial charge in [-0.1, -0.05) is 17.7 Å². The van der Waals surface area contributed by atoms with E-state index in [0.29, 0.717) is 0 Å². The maximum absolute atomic E-state index is 9.50. The molecule has 0 amide bonds. The van der Waals surface area contributed by atoms with Crippen molar-refractivity contribution in [3.63, 3.8) is 0 Å². The number of aryl methyl sites for hydroxylation is 1. The van der Waals surface area contributed by atoms with E-state index in [9.17, 15) is 5.11 Å². The van der Waals surface area contributed by atoms with Gasteiger partial charge >= 0.3 is 0 Å². The summed E-state index contributed by atoms with van der Waals surface area (Å²) in [5.74, 6) is 0. The highest BCUT2D eigenvalue weighted by molar-refractivity contribution is 7.10. The molecular formula is C15H17NOS. The molecule has 1 aromatic heterocycles. The van der Waals surface area contributed by atoms with Gasteiger partial charge in [0.05, 0.1) is 6.61 Å². The van der Waals surface area contributed by atoms with E-state index in [1.807, 2.05) is 11.3 Å². The summed E-state index contributed by atoms with van der Waals surface area (Å²) < 4.78 is 0. The minimum absolute atomic E-state index is 0.115. The molecule has 0 atom stereocenters. The van der Waals surface area contributed by atoms with Crippen LogP contribution in [0.2, 0.25) is 0 Å². The van der Waals surface area contributed by atoms with Crippen molar-refractivity contribution in [3.8, 4) is 0 Å². The van der Waals surface area contributed by atoms with Crippen molar-refractivity contribution >= 4 is 17.0 Å². The zero-order valence-corrected chi connectivity index (χ0v) is 11.3. The van der Waals surface area contributed by atoms with Crippen LogP contribution in [0.4, 0.5) is 5.69 Å². The highest BCUT2D eigenvalue weighted by atomic mass is 32.1. The molecule has 94 valence electrons. The van der Waals surface area contributed by atoms with Crippen LogP contribution < -0.4 is 4.90 Å². The van der Waals surface area contributed by atoms with Gasteiger partial charge in [0, 0.05) is 29.2 Å². The molecule has 2 aromatic rings. The number of nitrogens with zero attached hydrogens (tertiary/aromatic N) is 1. The lowest BCUT2D eigenvalue weighted by molar-refractivity contribution is 0.282. The van der Waals surface area contributed by atoms with Gasteiger partial charge in [-0.05, 0) is 36.4 Å². The van der Waals surface area contributed by atoms with E-state index in [-0.39, 0.29) is 6.61 Å². The SMILES string of the molecule is Cc1ccc(N2CCc3sccc3C2)c(CO)c1. The second-order valence-corrected chi connectivity index (χ2v) is 5.83. The fourth-order valence-electron chi connectivity index (χ4n) is 2.60. The van der Waals surface area contributed by atoms with Gasteiger partial charge in [-0.25, -0.2) is 0 Å². The van der Waals surface area contributed by atoms with Gasteiger partial charge in [-0.15, -0.1) is 11.3 Å². The molecule has 0 radical (unpaired) electrons. The Kier molecular flexibility index (Phi) is 3.10. The van der Waals surface area contributed by atoms with Crippen LogP contribution in [0.25, 0.3) is 0 Å². The number of aliphatic hydroxyl groups is 1. The Balaban J connectivity index is 1.93. The van der Waals surface area contributed by atoms with Gasteiger partial charge < -0.3 is 10.0 Å². The molecule has 2 heterocycles. The van der Waals surface area contributed by atoms with Gasteiger partial charge in [0.25, 0.3) is 0 Å². The Labute approximate surface area is 112 Å². The molecule has 0 spiro atoms. The molecule has 1 aliphatic rings. The molecule has 0 bridgehead atoms. The topological polar surface area (TPSA) is 23.5 Å². The lowest BCUT2D eigenvalue weighted by atomic mass is 10.0. The summed E-state index contributed by atoms with van der Waals surface area (Å²) in [7, 11) is 0. The van der Waals surface area contributed by atoms with Gasteiger partial charge in [0.15, 0.2) is 0 Å². The van der Waals surface area contributed by atoms with Crippen molar-refractivity contribution in [3.05, 3.63) is 51.2 Å². The van der Waals surface area contributed by atoms with Crippen LogP contribution in [0.1, 0.15) is 21.6 Å². The summed E-state index contributed by atoms with van der Waals surface area (Å²) in [4.78, 5) is 3.89. The number of hydrogen-bond donors (Lipinski definition) is 1. The number of benzene rings is 1. The Bertz CT molecular complexity index is 561. The Morgan fingerprint density at radius 2 is 2.22 bits per heavy atom. The quantitative estimate of drug-likeness (QED) is 0.895. The van der Waals surface area contributed by atoms with Crippen molar-refractivity contribution in [2.24, 2.45) is 0 Å². The largest absolute Gasteiger partial charge is 0.392 e. The summed E-state index contributed by atoms with van der Waals surface area (Å²) in [5.41, 5.74) is 4.86. The van der Waals surface area contributed by atoms with E-state index in [1.165, 1.54) is 21.7 Å². The van der Waals surface area contributed by atoms with Crippen LogP contribution >= 0.6 is 11.3 Å². The Morgan fingerprint density at radius 1 is 1.33 bits per heavy atom. The van der Waals surface area contributed by atoms with E-state index >= 15 is 0 Å². The fraction of sp³-hybridized carbons (Fsp3) is 0.333. The van der Waals surface area contributed by atoms with Crippen LogP contribution in [0.5, 0.6) is 0 Å². The number of hydrogen-bond acceptors (Lipinski definition) is 3. The molecule has 1 N–H and O–H groups in total. The second-order valence-electron chi connectivity index (χ2n) is 4.83. The molecule has 18 heavy (non-hydrogen) atoms. The van der Waals surface area contributed by atoms with Gasteiger partial charge in [0.1, 0.15) is 0 Å². The normalized spacial score (nSPS) is 14.7. The molecule has 0 saturated carbocycles. The van der Waals surface area contributed by atoms with Crippen LogP contribution in [0.15, 0.2) is 29.6 Å². The van der Waals surface area contributed by atoms with Crippen molar-refractivity contribution in [2.75, 3.05) is 11.4 Å². The van der Waals surface area contributed by atoms with E-state index < -0.39 is 0 Å². The highest BCUT2D eigenvalue weighted by Gasteiger charge is 2.19. The van der Waals surface area contributed by atoms with E-state index in [2.05, 4.69) is 41.5 Å². The molecule has 0 fully saturated rings. The summed E-state index contributed by atoms with van der Waals surface area (Å²) >= 11 is 1.86. The maximum atomic E-state index is 9.50. The van der Waals surface area contributed by atoms with Crippen molar-refractivity contribution in [1.29, 1.82) is 0 Å². The molecule has 3 rings (SSSR count). The molecule has 0 unspecified atom stereocenters. The minimum atomic E-state index is 0.115. The van der Waals surface area contributed by atoms with E-state index in [1.54, 1.807) is 0 Å². The lowest BCUT2D eigenvalue weighted by Crippen LogP contribution is -2.30. The number of fused-ring (bicyclic) bond motifs is 1. The monoisotopic (exact) mass is 259 g/mol. The fourth-order valence-corrected chi connectivity index (χ4v) is 3.49. The third-order valence-electron chi connectivity index (χ3n) is 3.55.